The first-order chi connectivity index (χ1) is 11.0. The summed E-state index contributed by atoms with van der Waals surface area (Å²) in [4.78, 5) is 33.0. The van der Waals surface area contributed by atoms with Crippen molar-refractivity contribution in [3.8, 4) is 0 Å². The van der Waals surface area contributed by atoms with Crippen LogP contribution in [0.3, 0.4) is 0 Å². The summed E-state index contributed by atoms with van der Waals surface area (Å²) in [5.41, 5.74) is 0. The van der Waals surface area contributed by atoms with E-state index >= 15 is 0 Å². The van der Waals surface area contributed by atoms with Gasteiger partial charge in [0.05, 0.1) is 6.42 Å². The standard InChI is InChI=1S/C17H31NO5.Na.H/c1-2-3-4-5-6-7-8-9-10-11-12-15(19)18-14(17(22)23)13-16(20)21;;/h14H,2-13H2,1H3,(H,18,19)(H,20,21)(H,22,23);;/q;+1;-1/t14-;;/m0../s1. The molecule has 1 atom stereocenters. The number of carbonyl (C=O) groups is 3. The minimum absolute atomic E-state index is 0. The van der Waals surface area contributed by atoms with Crippen molar-refractivity contribution in [3.63, 3.8) is 0 Å². The molecule has 6 nitrogen and oxygen atoms in total. The van der Waals surface area contributed by atoms with Crippen LogP contribution in [0.4, 0.5) is 0 Å². The summed E-state index contributed by atoms with van der Waals surface area (Å²) in [5.74, 6) is -2.95. The third-order valence-electron chi connectivity index (χ3n) is 3.77. The van der Waals surface area contributed by atoms with Crippen molar-refractivity contribution in [2.45, 2.75) is 90.0 Å². The monoisotopic (exact) mass is 353 g/mol. The SMILES string of the molecule is CCCCCCCCCCCCC(=O)N[C@@H](CC(=O)O)C(=O)O.[H-].[Na+]. The van der Waals surface area contributed by atoms with E-state index in [1.54, 1.807) is 0 Å². The molecule has 7 heteroatoms. The van der Waals surface area contributed by atoms with E-state index in [0.717, 1.165) is 12.8 Å². The zero-order valence-corrected chi connectivity index (χ0v) is 17.2. The summed E-state index contributed by atoms with van der Waals surface area (Å²) in [5, 5.41) is 19.7. The van der Waals surface area contributed by atoms with Crippen LogP contribution in [0.15, 0.2) is 0 Å². The van der Waals surface area contributed by atoms with Gasteiger partial charge in [-0.15, -0.1) is 0 Å². The van der Waals surface area contributed by atoms with Gasteiger partial charge in [-0.25, -0.2) is 4.79 Å². The molecule has 0 saturated carbocycles. The molecule has 0 aliphatic rings. The maximum atomic E-state index is 11.6. The Kier molecular flexibility index (Phi) is 18.4. The minimum atomic E-state index is -1.34. The van der Waals surface area contributed by atoms with Crippen LogP contribution in [0.5, 0.6) is 0 Å². The summed E-state index contributed by atoms with van der Waals surface area (Å²) in [6.07, 6.45) is 11.3. The third kappa shape index (κ3) is 16.3. The Hall–Kier alpha value is -0.590. The van der Waals surface area contributed by atoms with Gasteiger partial charge in [0.15, 0.2) is 0 Å². The topological polar surface area (TPSA) is 104 Å². The number of carboxylic acids is 2. The quantitative estimate of drug-likeness (QED) is 0.293. The fourth-order valence-electron chi connectivity index (χ4n) is 2.41. The average molecular weight is 353 g/mol. The summed E-state index contributed by atoms with van der Waals surface area (Å²) in [7, 11) is 0. The third-order valence-corrected chi connectivity index (χ3v) is 3.77. The number of rotatable bonds is 15. The molecule has 0 radical (unpaired) electrons. The first-order valence-electron chi connectivity index (χ1n) is 8.71. The van der Waals surface area contributed by atoms with E-state index in [1.165, 1.54) is 44.9 Å². The molecule has 136 valence electrons. The fraction of sp³-hybridized carbons (Fsp3) is 0.824. The zero-order chi connectivity index (χ0) is 17.5. The second-order valence-electron chi connectivity index (χ2n) is 5.99. The molecule has 1 amide bonds. The number of aliphatic carboxylic acids is 2. The van der Waals surface area contributed by atoms with Crippen molar-refractivity contribution < 1.29 is 55.6 Å². The largest absolute Gasteiger partial charge is 1.00 e. The second kappa shape index (κ2) is 17.2. The van der Waals surface area contributed by atoms with Crippen LogP contribution < -0.4 is 34.9 Å². The Morgan fingerprint density at radius 2 is 1.33 bits per heavy atom. The van der Waals surface area contributed by atoms with Crippen LogP contribution in [-0.2, 0) is 14.4 Å². The summed E-state index contributed by atoms with van der Waals surface area (Å²) in [6, 6.07) is -1.34. The van der Waals surface area contributed by atoms with Crippen LogP contribution >= 0.6 is 0 Å². The molecule has 0 rings (SSSR count). The Morgan fingerprint density at radius 1 is 0.875 bits per heavy atom. The van der Waals surface area contributed by atoms with Crippen LogP contribution in [-0.4, -0.2) is 34.1 Å². The number of hydrogen-bond acceptors (Lipinski definition) is 3. The van der Waals surface area contributed by atoms with E-state index in [2.05, 4.69) is 12.2 Å². The first kappa shape index (κ1) is 25.6. The Bertz CT molecular complexity index is 369. The van der Waals surface area contributed by atoms with E-state index in [1.807, 2.05) is 0 Å². The number of amides is 1. The van der Waals surface area contributed by atoms with Crippen molar-refractivity contribution in [2.24, 2.45) is 0 Å². The second-order valence-corrected chi connectivity index (χ2v) is 5.99. The molecule has 0 unspecified atom stereocenters. The molecule has 3 N–H and O–H groups in total. The average Bonchev–Trinajstić information content (AvgIpc) is 2.48. The van der Waals surface area contributed by atoms with Crippen molar-refractivity contribution in [1.29, 1.82) is 0 Å². The molecule has 0 aromatic rings. The molecule has 0 aliphatic carbocycles. The van der Waals surface area contributed by atoms with Crippen LogP contribution in [0, 0.1) is 0 Å². The molecule has 0 heterocycles. The predicted molar refractivity (Wildman–Crippen MR) is 89.4 cm³/mol. The Morgan fingerprint density at radius 3 is 1.75 bits per heavy atom. The van der Waals surface area contributed by atoms with Crippen molar-refractivity contribution >= 4 is 17.8 Å². The van der Waals surface area contributed by atoms with Gasteiger partial charge in [-0.2, -0.15) is 0 Å². The van der Waals surface area contributed by atoms with Crippen LogP contribution in [0.25, 0.3) is 0 Å². The predicted octanol–water partition coefficient (Wildman–Crippen LogP) is 0.458. The molecule has 0 bridgehead atoms. The molecule has 0 spiro atoms. The van der Waals surface area contributed by atoms with Gasteiger partial charge in [0.25, 0.3) is 0 Å². The number of carboxylic acid groups (broad SMARTS) is 2. The number of nitrogens with one attached hydrogen (secondary N) is 1. The van der Waals surface area contributed by atoms with Gasteiger partial charge in [-0.3, -0.25) is 9.59 Å². The van der Waals surface area contributed by atoms with Crippen molar-refractivity contribution in [2.75, 3.05) is 0 Å². The van der Waals surface area contributed by atoms with Gasteiger partial charge < -0.3 is 17.0 Å². The van der Waals surface area contributed by atoms with Crippen molar-refractivity contribution in [1.82, 2.24) is 5.32 Å². The number of hydrogen-bond donors (Lipinski definition) is 3. The maximum Gasteiger partial charge on any atom is 1.00 e. The smallest absolute Gasteiger partial charge is 1.00 e. The summed E-state index contributed by atoms with van der Waals surface area (Å²) < 4.78 is 0. The number of carbonyl (C=O) groups excluding carboxylic acids is 1. The van der Waals surface area contributed by atoms with E-state index in [4.69, 9.17) is 10.2 Å². The van der Waals surface area contributed by atoms with Gasteiger partial charge in [0.1, 0.15) is 6.04 Å². The van der Waals surface area contributed by atoms with E-state index < -0.39 is 30.3 Å². The van der Waals surface area contributed by atoms with E-state index in [0.29, 0.717) is 6.42 Å². The molecule has 0 fully saturated rings. The molecule has 24 heavy (non-hydrogen) atoms. The van der Waals surface area contributed by atoms with E-state index in [9.17, 15) is 14.4 Å². The minimum Gasteiger partial charge on any atom is -1.00 e. The van der Waals surface area contributed by atoms with Gasteiger partial charge in [-0.1, -0.05) is 64.7 Å². The molecule has 0 aliphatic heterocycles. The Labute approximate surface area is 168 Å². The number of unbranched alkanes of at least 4 members (excludes halogenated alkanes) is 9. The molecule has 0 aromatic carbocycles. The summed E-state index contributed by atoms with van der Waals surface area (Å²) in [6.45, 7) is 2.20. The first-order valence-corrected chi connectivity index (χ1v) is 8.71. The molecule has 0 saturated heterocycles. The molecular formula is C17H32NNaO5. The van der Waals surface area contributed by atoms with Gasteiger partial charge >= 0.3 is 41.5 Å². The van der Waals surface area contributed by atoms with Gasteiger partial charge in [0, 0.05) is 6.42 Å². The Balaban J connectivity index is -0.00000242. The normalized spacial score (nSPS) is 11.4. The fourth-order valence-corrected chi connectivity index (χ4v) is 2.41. The van der Waals surface area contributed by atoms with E-state index in [-0.39, 0.29) is 37.4 Å². The summed E-state index contributed by atoms with van der Waals surface area (Å²) >= 11 is 0. The molecule has 0 aromatic heterocycles. The zero-order valence-electron chi connectivity index (χ0n) is 16.2. The van der Waals surface area contributed by atoms with Gasteiger partial charge in [0.2, 0.25) is 5.91 Å². The van der Waals surface area contributed by atoms with Crippen LogP contribution in [0.2, 0.25) is 0 Å². The van der Waals surface area contributed by atoms with Gasteiger partial charge in [-0.05, 0) is 6.42 Å². The van der Waals surface area contributed by atoms with Crippen molar-refractivity contribution in [3.05, 3.63) is 0 Å². The molecular weight excluding hydrogens is 321 g/mol. The maximum absolute atomic E-state index is 11.6. The van der Waals surface area contributed by atoms with Crippen LogP contribution in [0.1, 0.15) is 85.4 Å².